The number of nitrogens with zero attached hydrogens (tertiary/aromatic N) is 1. The van der Waals surface area contributed by atoms with Crippen molar-refractivity contribution in [1.29, 1.82) is 0 Å². The minimum absolute atomic E-state index is 0.250. The van der Waals surface area contributed by atoms with Crippen LogP contribution >= 0.6 is 0 Å². The maximum absolute atomic E-state index is 6.02. The maximum Gasteiger partial charge on any atom is 0.0607 e. The molecule has 2 N–H and O–H groups in total. The van der Waals surface area contributed by atoms with Crippen molar-refractivity contribution in [2.24, 2.45) is 11.7 Å². The molecule has 2 unspecified atom stereocenters. The monoisotopic (exact) mass is 226 g/mol. The largest absolute Gasteiger partial charge is 0.381 e. The van der Waals surface area contributed by atoms with E-state index >= 15 is 0 Å². The number of likely N-dealkylation sites (tertiary alicyclic amines) is 1. The highest BCUT2D eigenvalue weighted by Crippen LogP contribution is 2.42. The molecule has 1 aliphatic carbocycles. The van der Waals surface area contributed by atoms with Crippen molar-refractivity contribution in [2.45, 2.75) is 57.2 Å². The molecule has 94 valence electrons. The number of nitrogens with two attached hydrogens (primary N) is 1. The van der Waals surface area contributed by atoms with E-state index in [1.54, 1.807) is 0 Å². The molecule has 1 aliphatic heterocycles. The van der Waals surface area contributed by atoms with Crippen molar-refractivity contribution in [1.82, 2.24) is 4.90 Å². The van der Waals surface area contributed by atoms with Crippen LogP contribution in [0.15, 0.2) is 0 Å². The van der Waals surface area contributed by atoms with Gasteiger partial charge in [-0.2, -0.15) is 0 Å². The van der Waals surface area contributed by atoms with Gasteiger partial charge in [0.15, 0.2) is 0 Å². The van der Waals surface area contributed by atoms with Crippen LogP contribution in [0.3, 0.4) is 0 Å². The second kappa shape index (κ2) is 4.63. The highest BCUT2D eigenvalue weighted by Gasteiger charge is 2.49. The number of rotatable bonds is 3. The third-order valence-corrected chi connectivity index (χ3v) is 4.68. The molecule has 1 saturated heterocycles. The van der Waals surface area contributed by atoms with Gasteiger partial charge in [-0.25, -0.2) is 0 Å². The normalized spacial score (nSPS) is 45.4. The second-order valence-electron chi connectivity index (χ2n) is 5.87. The molecule has 0 aromatic rings. The molecule has 2 fully saturated rings. The van der Waals surface area contributed by atoms with Gasteiger partial charge in [0.25, 0.3) is 0 Å². The molecule has 3 heteroatoms. The Kier molecular flexibility index (Phi) is 3.57. The summed E-state index contributed by atoms with van der Waals surface area (Å²) >= 11 is 0. The molecule has 0 radical (unpaired) electrons. The van der Waals surface area contributed by atoms with Crippen LogP contribution in [0.4, 0.5) is 0 Å². The summed E-state index contributed by atoms with van der Waals surface area (Å²) in [5.74, 6) is 0.874. The summed E-state index contributed by atoms with van der Waals surface area (Å²) in [5, 5.41) is 0. The summed E-state index contributed by atoms with van der Waals surface area (Å²) in [6.45, 7) is 6.72. The van der Waals surface area contributed by atoms with Crippen molar-refractivity contribution in [2.75, 3.05) is 20.2 Å². The van der Waals surface area contributed by atoms with Gasteiger partial charge in [-0.3, -0.25) is 4.90 Å². The fourth-order valence-electron chi connectivity index (χ4n) is 3.58. The minimum Gasteiger partial charge on any atom is -0.381 e. The Morgan fingerprint density at radius 2 is 2.06 bits per heavy atom. The van der Waals surface area contributed by atoms with E-state index in [9.17, 15) is 0 Å². The van der Waals surface area contributed by atoms with Crippen molar-refractivity contribution >= 4 is 0 Å². The smallest absolute Gasteiger partial charge is 0.0607 e. The number of methoxy groups -OCH3 is 1. The van der Waals surface area contributed by atoms with Crippen LogP contribution in [0.1, 0.15) is 39.5 Å². The molecule has 1 heterocycles. The average Bonchev–Trinajstić information content (AvgIpc) is 2.20. The van der Waals surface area contributed by atoms with Gasteiger partial charge >= 0.3 is 0 Å². The summed E-state index contributed by atoms with van der Waals surface area (Å²) in [5.41, 5.74) is 6.27. The molecule has 2 aliphatic rings. The summed E-state index contributed by atoms with van der Waals surface area (Å²) in [7, 11) is 1.81. The van der Waals surface area contributed by atoms with Gasteiger partial charge in [0.05, 0.1) is 6.10 Å². The molecule has 1 saturated carbocycles. The lowest BCUT2D eigenvalue weighted by Crippen LogP contribution is -2.67. The predicted octanol–water partition coefficient (Wildman–Crippen LogP) is 1.61. The van der Waals surface area contributed by atoms with E-state index in [2.05, 4.69) is 18.7 Å². The Morgan fingerprint density at radius 1 is 1.38 bits per heavy atom. The van der Waals surface area contributed by atoms with Crippen molar-refractivity contribution in [3.8, 4) is 0 Å². The number of ether oxygens (including phenoxy) is 1. The van der Waals surface area contributed by atoms with Gasteiger partial charge in [0.2, 0.25) is 0 Å². The van der Waals surface area contributed by atoms with Gasteiger partial charge in [0.1, 0.15) is 0 Å². The van der Waals surface area contributed by atoms with Crippen LogP contribution in [-0.2, 0) is 4.74 Å². The van der Waals surface area contributed by atoms with Crippen LogP contribution in [0.5, 0.6) is 0 Å². The topological polar surface area (TPSA) is 38.5 Å². The first-order valence-electron chi connectivity index (χ1n) is 6.61. The molecule has 2 atom stereocenters. The molecule has 2 rings (SSSR count). The van der Waals surface area contributed by atoms with Crippen molar-refractivity contribution < 1.29 is 4.74 Å². The Hall–Kier alpha value is -0.120. The van der Waals surface area contributed by atoms with Crippen LogP contribution in [0, 0.1) is 5.92 Å². The highest BCUT2D eigenvalue weighted by molar-refractivity contribution is 5.06. The Morgan fingerprint density at radius 3 is 2.56 bits per heavy atom. The van der Waals surface area contributed by atoms with Crippen LogP contribution < -0.4 is 5.73 Å². The summed E-state index contributed by atoms with van der Waals surface area (Å²) < 4.78 is 5.41. The molecular weight excluding hydrogens is 200 g/mol. The minimum atomic E-state index is 0.250. The predicted molar refractivity (Wildman–Crippen MR) is 66.4 cm³/mol. The Labute approximate surface area is 99.3 Å². The van der Waals surface area contributed by atoms with E-state index in [4.69, 9.17) is 10.5 Å². The van der Waals surface area contributed by atoms with Crippen LogP contribution in [0.2, 0.25) is 0 Å². The lowest BCUT2D eigenvalue weighted by Gasteiger charge is -2.57. The average molecular weight is 226 g/mol. The van der Waals surface area contributed by atoms with Crippen molar-refractivity contribution in [3.05, 3.63) is 0 Å². The van der Waals surface area contributed by atoms with Gasteiger partial charge < -0.3 is 10.5 Å². The molecular formula is C13H26N2O. The Bertz CT molecular complexity index is 238. The van der Waals surface area contributed by atoms with Crippen molar-refractivity contribution in [3.63, 3.8) is 0 Å². The summed E-state index contributed by atoms with van der Waals surface area (Å²) in [6, 6.07) is 0.685. The van der Waals surface area contributed by atoms with E-state index in [-0.39, 0.29) is 5.54 Å². The van der Waals surface area contributed by atoms with E-state index in [0.29, 0.717) is 12.1 Å². The fourth-order valence-corrected chi connectivity index (χ4v) is 3.58. The highest BCUT2D eigenvalue weighted by atomic mass is 16.5. The van der Waals surface area contributed by atoms with E-state index < -0.39 is 0 Å². The van der Waals surface area contributed by atoms with Gasteiger partial charge in [-0.15, -0.1) is 0 Å². The molecule has 16 heavy (non-hydrogen) atoms. The van der Waals surface area contributed by atoms with Crippen LogP contribution in [0.25, 0.3) is 0 Å². The molecule has 0 spiro atoms. The summed E-state index contributed by atoms with van der Waals surface area (Å²) in [4.78, 5) is 2.66. The molecule has 0 bridgehead atoms. The maximum atomic E-state index is 6.02. The van der Waals surface area contributed by atoms with E-state index in [1.807, 2.05) is 7.11 Å². The molecule has 0 aromatic carbocycles. The molecule has 0 amide bonds. The summed E-state index contributed by atoms with van der Waals surface area (Å²) in [6.07, 6.45) is 5.33. The SMILES string of the molecule is COC1CC(CN)(N2CCC(C)CC2C)C1. The van der Waals surface area contributed by atoms with E-state index in [0.717, 1.165) is 25.3 Å². The molecule has 3 nitrogen and oxygen atoms in total. The second-order valence-corrected chi connectivity index (χ2v) is 5.87. The number of hydrogen-bond donors (Lipinski definition) is 1. The van der Waals surface area contributed by atoms with E-state index in [1.165, 1.54) is 19.4 Å². The Balaban J connectivity index is 2.00. The first-order chi connectivity index (χ1) is 7.61. The number of hydrogen-bond acceptors (Lipinski definition) is 3. The lowest BCUT2D eigenvalue weighted by molar-refractivity contribution is -0.111. The third kappa shape index (κ3) is 2.01. The zero-order valence-electron chi connectivity index (χ0n) is 10.9. The third-order valence-electron chi connectivity index (χ3n) is 4.68. The van der Waals surface area contributed by atoms with Gasteiger partial charge in [-0.05, 0) is 45.1 Å². The quantitative estimate of drug-likeness (QED) is 0.794. The molecule has 0 aromatic heterocycles. The first-order valence-corrected chi connectivity index (χ1v) is 6.61. The lowest BCUT2D eigenvalue weighted by atomic mass is 9.70. The van der Waals surface area contributed by atoms with Crippen LogP contribution in [-0.4, -0.2) is 42.8 Å². The van der Waals surface area contributed by atoms with Gasteiger partial charge in [0, 0.05) is 25.2 Å². The fraction of sp³-hybridized carbons (Fsp3) is 1.00. The van der Waals surface area contributed by atoms with Gasteiger partial charge in [-0.1, -0.05) is 6.92 Å². The standard InChI is InChI=1S/C13H26N2O/c1-10-4-5-15(11(2)6-10)13(9-14)7-12(8-13)16-3/h10-12H,4-9,14H2,1-3H3. The zero-order chi connectivity index (χ0) is 11.8. The first kappa shape index (κ1) is 12.3. The zero-order valence-corrected chi connectivity index (χ0v) is 10.9. The number of piperidine rings is 1.